The minimum Gasteiger partial charge on any atom is -0.478 e. The number of aromatic nitrogens is 3. The molecule has 0 aliphatic heterocycles. The van der Waals surface area contributed by atoms with E-state index in [-0.39, 0.29) is 0 Å². The molecule has 3 rings (SSSR count). The van der Waals surface area contributed by atoms with Gasteiger partial charge in [0.15, 0.2) is 0 Å². The summed E-state index contributed by atoms with van der Waals surface area (Å²) < 4.78 is 0. The monoisotopic (exact) mass is 343 g/mol. The summed E-state index contributed by atoms with van der Waals surface area (Å²) in [7, 11) is 0. The van der Waals surface area contributed by atoms with Crippen LogP contribution in [0.25, 0.3) is 0 Å². The summed E-state index contributed by atoms with van der Waals surface area (Å²) >= 11 is 0. The number of hydrogen-bond donors (Lipinski definition) is 3. The van der Waals surface area contributed by atoms with Gasteiger partial charge in [0.25, 0.3) is 0 Å². The Morgan fingerprint density at radius 2 is 1.84 bits per heavy atom. The molecule has 0 bridgehead atoms. The third-order valence-electron chi connectivity index (χ3n) is 4.07. The molecular formula is C18H21N3O4. The first-order chi connectivity index (χ1) is 12.0. The zero-order valence-corrected chi connectivity index (χ0v) is 14.0. The number of hydrogen-bond acceptors (Lipinski definition) is 4. The number of aryl methyl sites for hydroxylation is 1. The second kappa shape index (κ2) is 8.77. The number of nitrogens with zero attached hydrogens (tertiary/aromatic N) is 2. The minimum atomic E-state index is -1.26. The van der Waals surface area contributed by atoms with E-state index in [0.717, 1.165) is 12.1 Å². The fraction of sp³-hybridized carbons (Fsp3) is 0.333. The van der Waals surface area contributed by atoms with Crippen LogP contribution in [-0.4, -0.2) is 37.1 Å². The molecule has 1 atom stereocenters. The molecule has 1 aliphatic rings. The third-order valence-corrected chi connectivity index (χ3v) is 4.07. The normalized spacial score (nSPS) is 14.3. The molecule has 0 radical (unpaired) electrons. The average molecular weight is 343 g/mol. The van der Waals surface area contributed by atoms with E-state index in [2.05, 4.69) is 27.9 Å². The van der Waals surface area contributed by atoms with Gasteiger partial charge in [-0.25, -0.2) is 14.6 Å². The van der Waals surface area contributed by atoms with Crippen LogP contribution >= 0.6 is 0 Å². The Kier molecular flexibility index (Phi) is 6.45. The Morgan fingerprint density at radius 1 is 1.16 bits per heavy atom. The van der Waals surface area contributed by atoms with E-state index in [1.807, 2.05) is 12.4 Å². The molecule has 2 aromatic heterocycles. The number of aromatic amines is 1. The third kappa shape index (κ3) is 5.27. The van der Waals surface area contributed by atoms with Crippen LogP contribution < -0.4 is 0 Å². The molecule has 7 nitrogen and oxygen atoms in total. The van der Waals surface area contributed by atoms with Crippen LogP contribution in [0.2, 0.25) is 0 Å². The van der Waals surface area contributed by atoms with Crippen LogP contribution in [0.3, 0.4) is 0 Å². The molecule has 0 amide bonds. The predicted octanol–water partition coefficient (Wildman–Crippen LogP) is 2.55. The molecule has 0 fully saturated rings. The largest absolute Gasteiger partial charge is 0.478 e. The van der Waals surface area contributed by atoms with Gasteiger partial charge >= 0.3 is 11.9 Å². The highest BCUT2D eigenvalue weighted by Crippen LogP contribution is 2.30. The maximum Gasteiger partial charge on any atom is 0.328 e. The number of H-pyrrole nitrogens is 1. The van der Waals surface area contributed by atoms with Crippen molar-refractivity contribution in [3.63, 3.8) is 0 Å². The second-order valence-corrected chi connectivity index (χ2v) is 5.76. The molecule has 1 aliphatic carbocycles. The zero-order valence-electron chi connectivity index (χ0n) is 14.0. The number of nitrogens with one attached hydrogen (secondary N) is 1. The number of pyridine rings is 1. The van der Waals surface area contributed by atoms with Crippen LogP contribution in [0.4, 0.5) is 0 Å². The van der Waals surface area contributed by atoms with Crippen molar-refractivity contribution in [1.29, 1.82) is 0 Å². The van der Waals surface area contributed by atoms with Gasteiger partial charge in [-0.3, -0.25) is 4.98 Å². The van der Waals surface area contributed by atoms with Crippen molar-refractivity contribution in [3.8, 4) is 0 Å². The molecule has 0 aromatic carbocycles. The highest BCUT2D eigenvalue weighted by molar-refractivity contribution is 5.89. The number of carbonyl (C=O) groups is 2. The Labute approximate surface area is 145 Å². The summed E-state index contributed by atoms with van der Waals surface area (Å²) in [5.41, 5.74) is 5.29. The standard InChI is InChI=1S/C14H17N3.C4H4O4/c1-10(14-8-15-9-17-14)11-6-7-16-13-5-3-2-4-12(11)13;5-3(6)1-2-4(7)8/h6-10H,2-5H2,1H3,(H,15,17);1-2H,(H,5,6)(H,7,8). The average Bonchev–Trinajstić information content (AvgIpc) is 3.14. The Morgan fingerprint density at radius 3 is 2.44 bits per heavy atom. The van der Waals surface area contributed by atoms with Gasteiger partial charge in [-0.05, 0) is 42.9 Å². The van der Waals surface area contributed by atoms with Gasteiger partial charge in [-0.1, -0.05) is 6.92 Å². The molecular weight excluding hydrogens is 322 g/mol. The molecule has 2 heterocycles. The van der Waals surface area contributed by atoms with Gasteiger partial charge in [0, 0.05) is 36.2 Å². The van der Waals surface area contributed by atoms with E-state index >= 15 is 0 Å². The van der Waals surface area contributed by atoms with E-state index in [4.69, 9.17) is 10.2 Å². The smallest absolute Gasteiger partial charge is 0.328 e. The number of imidazole rings is 1. The second-order valence-electron chi connectivity index (χ2n) is 5.76. The van der Waals surface area contributed by atoms with Gasteiger partial charge in [0.05, 0.1) is 12.0 Å². The lowest BCUT2D eigenvalue weighted by Gasteiger charge is -2.21. The Bertz CT molecular complexity index is 738. The zero-order chi connectivity index (χ0) is 18.2. The summed E-state index contributed by atoms with van der Waals surface area (Å²) in [4.78, 5) is 31.0. The van der Waals surface area contributed by atoms with Crippen LogP contribution in [-0.2, 0) is 22.4 Å². The van der Waals surface area contributed by atoms with E-state index in [1.54, 1.807) is 6.33 Å². The van der Waals surface area contributed by atoms with Crippen molar-refractivity contribution in [1.82, 2.24) is 15.0 Å². The van der Waals surface area contributed by atoms with Gasteiger partial charge < -0.3 is 15.2 Å². The van der Waals surface area contributed by atoms with Crippen molar-refractivity contribution in [3.05, 3.63) is 59.5 Å². The predicted molar refractivity (Wildman–Crippen MR) is 91.4 cm³/mol. The summed E-state index contributed by atoms with van der Waals surface area (Å²) in [5.74, 6) is -2.16. The van der Waals surface area contributed by atoms with E-state index < -0.39 is 11.9 Å². The maximum absolute atomic E-state index is 9.55. The molecule has 0 saturated carbocycles. The Hall–Kier alpha value is -2.96. The fourth-order valence-electron chi connectivity index (χ4n) is 2.87. The number of fused-ring (bicyclic) bond motifs is 1. The van der Waals surface area contributed by atoms with Crippen LogP contribution in [0, 0.1) is 0 Å². The number of aliphatic carboxylic acids is 2. The number of rotatable bonds is 4. The van der Waals surface area contributed by atoms with Crippen molar-refractivity contribution in [2.45, 2.75) is 38.5 Å². The summed E-state index contributed by atoms with van der Waals surface area (Å²) in [6.45, 7) is 2.22. The molecule has 1 unspecified atom stereocenters. The molecule has 132 valence electrons. The summed E-state index contributed by atoms with van der Waals surface area (Å²) in [6, 6.07) is 2.16. The van der Waals surface area contributed by atoms with Crippen LogP contribution in [0.5, 0.6) is 0 Å². The lowest BCUT2D eigenvalue weighted by molar-refractivity contribution is -0.134. The number of carboxylic acids is 2. The van der Waals surface area contributed by atoms with Gasteiger partial charge in [-0.15, -0.1) is 0 Å². The quantitative estimate of drug-likeness (QED) is 0.735. The highest BCUT2D eigenvalue weighted by Gasteiger charge is 2.19. The summed E-state index contributed by atoms with van der Waals surface area (Å²) in [6.07, 6.45) is 11.7. The molecule has 0 spiro atoms. The molecule has 3 N–H and O–H groups in total. The fourth-order valence-corrected chi connectivity index (χ4v) is 2.87. The van der Waals surface area contributed by atoms with Gasteiger partial charge in [-0.2, -0.15) is 0 Å². The molecule has 25 heavy (non-hydrogen) atoms. The highest BCUT2D eigenvalue weighted by atomic mass is 16.4. The first-order valence-electron chi connectivity index (χ1n) is 8.08. The molecule has 0 saturated heterocycles. The first-order valence-corrected chi connectivity index (χ1v) is 8.08. The van der Waals surface area contributed by atoms with Crippen molar-refractivity contribution < 1.29 is 19.8 Å². The van der Waals surface area contributed by atoms with Crippen LogP contribution in [0.15, 0.2) is 36.9 Å². The first kappa shape index (κ1) is 18.4. The molecule has 2 aromatic rings. The van der Waals surface area contributed by atoms with E-state index in [9.17, 15) is 9.59 Å². The van der Waals surface area contributed by atoms with E-state index in [1.165, 1.54) is 36.1 Å². The van der Waals surface area contributed by atoms with Crippen LogP contribution in [0.1, 0.15) is 48.2 Å². The SMILES string of the molecule is CC(c1c[nH]cn1)c1ccnc2c1CCCC2.O=C(O)C=CC(=O)O. The van der Waals surface area contributed by atoms with Gasteiger partial charge in [0.2, 0.25) is 0 Å². The van der Waals surface area contributed by atoms with Crippen molar-refractivity contribution >= 4 is 11.9 Å². The lowest BCUT2D eigenvalue weighted by atomic mass is 9.86. The maximum atomic E-state index is 9.55. The minimum absolute atomic E-state index is 0.357. The number of carboxylic acid groups (broad SMARTS) is 2. The van der Waals surface area contributed by atoms with Crippen molar-refractivity contribution in [2.24, 2.45) is 0 Å². The van der Waals surface area contributed by atoms with Crippen molar-refractivity contribution in [2.75, 3.05) is 0 Å². The lowest BCUT2D eigenvalue weighted by Crippen LogP contribution is -2.11. The van der Waals surface area contributed by atoms with E-state index in [0.29, 0.717) is 18.1 Å². The molecule has 7 heteroatoms. The Balaban J connectivity index is 0.000000242. The summed E-state index contributed by atoms with van der Waals surface area (Å²) in [5, 5.41) is 15.6. The topological polar surface area (TPSA) is 116 Å². The van der Waals surface area contributed by atoms with Gasteiger partial charge in [0.1, 0.15) is 0 Å².